The Morgan fingerprint density at radius 2 is 1.47 bits per heavy atom. The molecule has 0 heterocycles. The molecule has 2 aromatic rings. The number of nitrogens with one attached hydrogen (secondary N) is 4. The molecule has 2 aromatic carbocycles. The maximum absolute atomic E-state index is 12.2. The number of hydrogen-bond acceptors (Lipinski definition) is 3. The maximum atomic E-state index is 12.2. The number of hydrogen-bond donors (Lipinski definition) is 4. The zero-order valence-electron chi connectivity index (χ0n) is 18.0. The van der Waals surface area contributed by atoms with Crippen LogP contribution in [0.15, 0.2) is 48.5 Å². The Morgan fingerprint density at radius 1 is 0.833 bits per heavy atom. The van der Waals surface area contributed by atoms with Gasteiger partial charge in [0.1, 0.15) is 0 Å². The molecule has 4 N–H and O–H groups in total. The number of amides is 4. The molecule has 30 heavy (non-hydrogen) atoms. The van der Waals surface area contributed by atoms with Crippen LogP contribution in [0.25, 0.3) is 0 Å². The van der Waals surface area contributed by atoms with Crippen LogP contribution in [0, 0.1) is 5.41 Å². The molecule has 0 aliphatic rings. The summed E-state index contributed by atoms with van der Waals surface area (Å²) < 4.78 is 0. The molecule has 4 amide bonds. The average molecular weight is 411 g/mol. The molecule has 0 spiro atoms. The highest BCUT2D eigenvalue weighted by molar-refractivity contribution is 5.97. The fourth-order valence-corrected chi connectivity index (χ4v) is 2.59. The van der Waals surface area contributed by atoms with E-state index in [4.69, 9.17) is 0 Å². The van der Waals surface area contributed by atoms with Gasteiger partial charge in [-0.05, 0) is 42.3 Å². The standard InChI is InChI=1S/C23H30N4O3/c1-5-16-8-6-7-9-19(16)27-22(30)25-15-14-24-20(28)17-10-12-18(13-11-17)26-21(29)23(2,3)4/h6-13H,5,14-15H2,1-4H3,(H,24,28)(H,26,29)(H2,25,27,30). The van der Waals surface area contributed by atoms with Crippen molar-refractivity contribution in [2.45, 2.75) is 34.1 Å². The first kappa shape index (κ1) is 22.9. The van der Waals surface area contributed by atoms with E-state index in [1.165, 1.54) is 0 Å². The number of para-hydroxylation sites is 1. The third-order valence-electron chi connectivity index (χ3n) is 4.43. The molecule has 160 valence electrons. The molecule has 0 fully saturated rings. The summed E-state index contributed by atoms with van der Waals surface area (Å²) in [5.41, 5.74) is 2.46. The number of aryl methyl sites for hydroxylation is 1. The zero-order chi connectivity index (χ0) is 22.1. The lowest BCUT2D eigenvalue weighted by molar-refractivity contribution is -0.123. The van der Waals surface area contributed by atoms with Gasteiger partial charge in [0.15, 0.2) is 0 Å². The average Bonchev–Trinajstić information content (AvgIpc) is 2.71. The van der Waals surface area contributed by atoms with Gasteiger partial charge in [0.05, 0.1) is 0 Å². The third-order valence-corrected chi connectivity index (χ3v) is 4.43. The van der Waals surface area contributed by atoms with Crippen molar-refractivity contribution in [3.63, 3.8) is 0 Å². The normalized spacial score (nSPS) is 10.8. The summed E-state index contributed by atoms with van der Waals surface area (Å²) in [4.78, 5) is 36.3. The minimum atomic E-state index is -0.492. The van der Waals surface area contributed by atoms with Gasteiger partial charge < -0.3 is 21.3 Å². The molecular weight excluding hydrogens is 380 g/mol. The number of benzene rings is 2. The van der Waals surface area contributed by atoms with Gasteiger partial charge in [0, 0.05) is 35.4 Å². The molecule has 0 radical (unpaired) electrons. The molecule has 0 aromatic heterocycles. The Bertz CT molecular complexity index is 886. The van der Waals surface area contributed by atoms with E-state index in [1.54, 1.807) is 24.3 Å². The molecule has 0 bridgehead atoms. The zero-order valence-corrected chi connectivity index (χ0v) is 18.0. The summed E-state index contributed by atoms with van der Waals surface area (Å²) in [6, 6.07) is 14.0. The van der Waals surface area contributed by atoms with Gasteiger partial charge in [-0.1, -0.05) is 45.9 Å². The van der Waals surface area contributed by atoms with Crippen LogP contribution in [0.3, 0.4) is 0 Å². The van der Waals surface area contributed by atoms with Crippen LogP contribution in [-0.2, 0) is 11.2 Å². The molecule has 0 atom stereocenters. The lowest BCUT2D eigenvalue weighted by atomic mass is 9.95. The molecule has 2 rings (SSSR count). The predicted molar refractivity (Wildman–Crippen MR) is 120 cm³/mol. The van der Waals surface area contributed by atoms with Crippen LogP contribution in [0.5, 0.6) is 0 Å². The van der Waals surface area contributed by atoms with Crippen LogP contribution in [0.2, 0.25) is 0 Å². The predicted octanol–water partition coefficient (Wildman–Crippen LogP) is 3.79. The molecule has 7 heteroatoms. The minimum absolute atomic E-state index is 0.0920. The van der Waals surface area contributed by atoms with Gasteiger partial charge in [-0.2, -0.15) is 0 Å². The van der Waals surface area contributed by atoms with Crippen molar-refractivity contribution in [3.8, 4) is 0 Å². The van der Waals surface area contributed by atoms with Crippen molar-refractivity contribution in [1.82, 2.24) is 10.6 Å². The van der Waals surface area contributed by atoms with E-state index in [0.29, 0.717) is 24.3 Å². The molecular formula is C23H30N4O3. The second-order valence-electron chi connectivity index (χ2n) is 7.93. The van der Waals surface area contributed by atoms with Crippen molar-refractivity contribution >= 4 is 29.2 Å². The first-order valence-electron chi connectivity index (χ1n) is 10.0. The quantitative estimate of drug-likeness (QED) is 0.523. The van der Waals surface area contributed by atoms with Gasteiger partial charge in [-0.25, -0.2) is 4.79 Å². The van der Waals surface area contributed by atoms with Gasteiger partial charge in [0.25, 0.3) is 5.91 Å². The van der Waals surface area contributed by atoms with Crippen LogP contribution in [0.4, 0.5) is 16.2 Å². The van der Waals surface area contributed by atoms with E-state index >= 15 is 0 Å². The third kappa shape index (κ3) is 6.92. The molecule has 7 nitrogen and oxygen atoms in total. The first-order chi connectivity index (χ1) is 14.2. The number of carbonyl (C=O) groups is 3. The fourth-order valence-electron chi connectivity index (χ4n) is 2.59. The highest BCUT2D eigenvalue weighted by Crippen LogP contribution is 2.18. The topological polar surface area (TPSA) is 99.3 Å². The van der Waals surface area contributed by atoms with E-state index in [-0.39, 0.29) is 17.8 Å². The van der Waals surface area contributed by atoms with Gasteiger partial charge >= 0.3 is 6.03 Å². The Kier molecular flexibility index (Phi) is 7.98. The Hall–Kier alpha value is -3.35. The summed E-state index contributed by atoms with van der Waals surface area (Å²) in [6.45, 7) is 8.12. The van der Waals surface area contributed by atoms with Crippen LogP contribution in [-0.4, -0.2) is 30.9 Å². The molecule has 0 aliphatic heterocycles. The highest BCUT2D eigenvalue weighted by atomic mass is 16.2. The summed E-state index contributed by atoms with van der Waals surface area (Å²) in [5.74, 6) is -0.340. The Morgan fingerprint density at radius 3 is 2.10 bits per heavy atom. The van der Waals surface area contributed by atoms with Gasteiger partial charge in [-0.15, -0.1) is 0 Å². The first-order valence-corrected chi connectivity index (χ1v) is 10.0. The Labute approximate surface area is 177 Å². The lowest BCUT2D eigenvalue weighted by Crippen LogP contribution is -2.37. The van der Waals surface area contributed by atoms with Crippen LogP contribution >= 0.6 is 0 Å². The summed E-state index contributed by atoms with van der Waals surface area (Å²) in [7, 11) is 0. The van der Waals surface area contributed by atoms with Crippen molar-refractivity contribution in [2.75, 3.05) is 23.7 Å². The van der Waals surface area contributed by atoms with Crippen LogP contribution in [0.1, 0.15) is 43.6 Å². The second kappa shape index (κ2) is 10.4. The van der Waals surface area contributed by atoms with E-state index in [1.807, 2.05) is 52.0 Å². The number of rotatable bonds is 7. The van der Waals surface area contributed by atoms with Crippen LogP contribution < -0.4 is 21.3 Å². The van der Waals surface area contributed by atoms with Crippen molar-refractivity contribution < 1.29 is 14.4 Å². The fraction of sp³-hybridized carbons (Fsp3) is 0.348. The largest absolute Gasteiger partial charge is 0.350 e. The number of urea groups is 1. The van der Waals surface area contributed by atoms with Crippen molar-refractivity contribution in [2.24, 2.45) is 5.41 Å². The number of carbonyl (C=O) groups excluding carboxylic acids is 3. The Balaban J connectivity index is 1.75. The SMILES string of the molecule is CCc1ccccc1NC(=O)NCCNC(=O)c1ccc(NC(=O)C(C)(C)C)cc1. The monoisotopic (exact) mass is 410 g/mol. The van der Waals surface area contributed by atoms with E-state index in [2.05, 4.69) is 21.3 Å². The van der Waals surface area contributed by atoms with Crippen molar-refractivity contribution in [3.05, 3.63) is 59.7 Å². The summed E-state index contributed by atoms with van der Waals surface area (Å²) in [6.07, 6.45) is 0.825. The second-order valence-corrected chi connectivity index (χ2v) is 7.93. The van der Waals surface area contributed by atoms with E-state index in [9.17, 15) is 14.4 Å². The molecule has 0 saturated heterocycles. The minimum Gasteiger partial charge on any atom is -0.350 e. The molecule has 0 saturated carbocycles. The van der Waals surface area contributed by atoms with E-state index < -0.39 is 5.41 Å². The number of anilines is 2. The summed E-state index contributed by atoms with van der Waals surface area (Å²) in [5, 5.41) is 11.1. The van der Waals surface area contributed by atoms with Gasteiger partial charge in [0.2, 0.25) is 5.91 Å². The maximum Gasteiger partial charge on any atom is 0.319 e. The van der Waals surface area contributed by atoms with Crippen molar-refractivity contribution in [1.29, 1.82) is 0 Å². The molecule has 0 aliphatic carbocycles. The molecule has 0 unspecified atom stereocenters. The van der Waals surface area contributed by atoms with E-state index in [0.717, 1.165) is 17.7 Å². The highest BCUT2D eigenvalue weighted by Gasteiger charge is 2.21. The van der Waals surface area contributed by atoms with Gasteiger partial charge in [-0.3, -0.25) is 9.59 Å². The smallest absolute Gasteiger partial charge is 0.319 e. The summed E-state index contributed by atoms with van der Waals surface area (Å²) >= 11 is 0. The lowest BCUT2D eigenvalue weighted by Gasteiger charge is -2.17.